The molecule has 0 atom stereocenters. The van der Waals surface area contributed by atoms with Crippen molar-refractivity contribution in [1.82, 2.24) is 0 Å². The number of hydrogen-bond acceptors (Lipinski definition) is 3. The molecular formula is C48H35NO2. The Morgan fingerprint density at radius 3 is 1.51 bits per heavy atom. The number of hydrogen-bond donors (Lipinski definition) is 0. The van der Waals surface area contributed by atoms with E-state index in [2.05, 4.69) is 160 Å². The van der Waals surface area contributed by atoms with Crippen molar-refractivity contribution in [3.63, 3.8) is 0 Å². The summed E-state index contributed by atoms with van der Waals surface area (Å²) in [5, 5.41) is 4.23. The highest BCUT2D eigenvalue weighted by atomic mass is 16.3. The van der Waals surface area contributed by atoms with Crippen LogP contribution in [0.2, 0.25) is 0 Å². The van der Waals surface area contributed by atoms with Crippen LogP contribution in [-0.2, 0) is 10.8 Å². The third kappa shape index (κ3) is 3.73. The molecule has 3 heteroatoms. The van der Waals surface area contributed by atoms with Crippen LogP contribution in [0.1, 0.15) is 49.9 Å². The summed E-state index contributed by atoms with van der Waals surface area (Å²) < 4.78 is 13.6. The zero-order valence-corrected chi connectivity index (χ0v) is 29.0. The van der Waals surface area contributed by atoms with Crippen LogP contribution in [0, 0.1) is 0 Å². The highest BCUT2D eigenvalue weighted by Gasteiger charge is 2.38. The van der Waals surface area contributed by atoms with E-state index in [0.29, 0.717) is 0 Å². The van der Waals surface area contributed by atoms with Crippen LogP contribution in [0.4, 0.5) is 17.1 Å². The Hall–Kier alpha value is -6.06. The Bertz CT molecular complexity index is 2820. The highest BCUT2D eigenvalue weighted by Crippen LogP contribution is 2.55. The molecule has 0 saturated carbocycles. The average Bonchev–Trinajstić information content (AvgIpc) is 3.84. The van der Waals surface area contributed by atoms with Gasteiger partial charge in [0.25, 0.3) is 0 Å². The summed E-state index contributed by atoms with van der Waals surface area (Å²) in [4.78, 5) is 2.44. The lowest BCUT2D eigenvalue weighted by atomic mass is 9.82. The van der Waals surface area contributed by atoms with Gasteiger partial charge in [0.1, 0.15) is 22.4 Å². The van der Waals surface area contributed by atoms with Gasteiger partial charge in [-0.2, -0.15) is 0 Å². The van der Waals surface area contributed by atoms with E-state index in [4.69, 9.17) is 8.83 Å². The third-order valence-corrected chi connectivity index (χ3v) is 11.9. The first-order chi connectivity index (χ1) is 24.8. The molecule has 0 radical (unpaired) electrons. The average molecular weight is 658 g/mol. The van der Waals surface area contributed by atoms with Crippen molar-refractivity contribution in [2.24, 2.45) is 0 Å². The monoisotopic (exact) mass is 657 g/mol. The molecule has 244 valence electrons. The number of para-hydroxylation sites is 2. The molecule has 0 bridgehead atoms. The summed E-state index contributed by atoms with van der Waals surface area (Å²) in [7, 11) is 0. The summed E-state index contributed by atoms with van der Waals surface area (Å²) in [6.07, 6.45) is 0. The van der Waals surface area contributed by atoms with Gasteiger partial charge in [-0.05, 0) is 87.0 Å². The third-order valence-electron chi connectivity index (χ3n) is 11.9. The zero-order chi connectivity index (χ0) is 34.2. The highest BCUT2D eigenvalue weighted by molar-refractivity contribution is 6.24. The van der Waals surface area contributed by atoms with Gasteiger partial charge >= 0.3 is 0 Å². The first-order valence-corrected chi connectivity index (χ1v) is 17.9. The summed E-state index contributed by atoms with van der Waals surface area (Å²) >= 11 is 0. The summed E-state index contributed by atoms with van der Waals surface area (Å²) in [5.41, 5.74) is 16.9. The molecule has 3 nitrogen and oxygen atoms in total. The van der Waals surface area contributed by atoms with Crippen LogP contribution >= 0.6 is 0 Å². The van der Waals surface area contributed by atoms with Crippen molar-refractivity contribution in [2.45, 2.75) is 38.5 Å². The molecule has 0 saturated heterocycles. The minimum atomic E-state index is -0.155. The van der Waals surface area contributed by atoms with Gasteiger partial charge in [-0.25, -0.2) is 0 Å². The van der Waals surface area contributed by atoms with Crippen LogP contribution in [0.15, 0.2) is 148 Å². The molecular weight excluding hydrogens is 623 g/mol. The summed E-state index contributed by atoms with van der Waals surface area (Å²) in [6, 6.07) is 50.6. The molecule has 0 aliphatic heterocycles. The quantitative estimate of drug-likeness (QED) is 0.189. The van der Waals surface area contributed by atoms with Gasteiger partial charge in [0, 0.05) is 38.4 Å². The van der Waals surface area contributed by atoms with Crippen molar-refractivity contribution in [3.05, 3.63) is 162 Å². The largest absolute Gasteiger partial charge is 0.456 e. The van der Waals surface area contributed by atoms with Gasteiger partial charge in [-0.1, -0.05) is 125 Å². The standard InChI is InChI=1S/C48H35NO2/c1-47(2)37-17-9-5-13-30(37)32-23-21-28(25-39(32)47)49(29-22-24-33-31-14-6-10-18-38(31)48(3,4)40(33)26-29)45-44-35-16-8-12-20-42(35)50-43(44)27-36-34-15-7-11-19-41(34)51-46(36)45/h5-27H,1-4H3. The van der Waals surface area contributed by atoms with E-state index >= 15 is 0 Å². The molecule has 0 amide bonds. The van der Waals surface area contributed by atoms with Crippen molar-refractivity contribution < 1.29 is 8.83 Å². The second kappa shape index (κ2) is 9.80. The summed E-state index contributed by atoms with van der Waals surface area (Å²) in [6.45, 7) is 9.40. The molecule has 51 heavy (non-hydrogen) atoms. The molecule has 0 unspecified atom stereocenters. The molecule has 0 spiro atoms. The van der Waals surface area contributed by atoms with E-state index in [0.717, 1.165) is 60.9 Å². The van der Waals surface area contributed by atoms with E-state index in [1.807, 2.05) is 12.1 Å². The fraction of sp³-hybridized carbons (Fsp3) is 0.125. The molecule has 2 heterocycles. The lowest BCUT2D eigenvalue weighted by Gasteiger charge is -2.30. The van der Waals surface area contributed by atoms with Gasteiger partial charge in [-0.15, -0.1) is 0 Å². The first kappa shape index (κ1) is 28.7. The predicted octanol–water partition coefficient (Wildman–Crippen LogP) is 13.6. The van der Waals surface area contributed by atoms with Gasteiger partial charge in [0.2, 0.25) is 0 Å². The van der Waals surface area contributed by atoms with E-state index < -0.39 is 0 Å². The second-order valence-electron chi connectivity index (χ2n) is 15.3. The SMILES string of the molecule is CC1(C)c2ccccc2-c2ccc(N(c3ccc4c(c3)C(C)(C)c3ccccc3-4)c3c4oc5ccccc5c4cc4oc5ccccc5c34)cc21. The van der Waals surface area contributed by atoms with Gasteiger partial charge in [0.05, 0.1) is 5.39 Å². The molecule has 2 aliphatic rings. The van der Waals surface area contributed by atoms with Gasteiger partial charge < -0.3 is 13.7 Å². The zero-order valence-electron chi connectivity index (χ0n) is 29.0. The molecule has 11 rings (SSSR count). The molecule has 0 N–H and O–H groups in total. The maximum absolute atomic E-state index is 6.92. The lowest BCUT2D eigenvalue weighted by Crippen LogP contribution is -2.18. The number of furan rings is 2. The van der Waals surface area contributed by atoms with Crippen LogP contribution in [0.5, 0.6) is 0 Å². The Morgan fingerprint density at radius 2 is 0.902 bits per heavy atom. The normalized spacial score (nSPS) is 15.0. The van der Waals surface area contributed by atoms with Crippen LogP contribution < -0.4 is 4.90 Å². The fourth-order valence-electron chi connectivity index (χ4n) is 9.32. The first-order valence-electron chi connectivity index (χ1n) is 17.9. The smallest absolute Gasteiger partial charge is 0.160 e. The van der Waals surface area contributed by atoms with Crippen LogP contribution in [0.3, 0.4) is 0 Å². The van der Waals surface area contributed by atoms with E-state index in [1.54, 1.807) is 0 Å². The topological polar surface area (TPSA) is 29.5 Å². The number of anilines is 3. The number of rotatable bonds is 3. The van der Waals surface area contributed by atoms with Crippen LogP contribution in [0.25, 0.3) is 66.1 Å². The van der Waals surface area contributed by atoms with E-state index in [1.165, 1.54) is 44.5 Å². The molecule has 2 aliphatic carbocycles. The Morgan fingerprint density at radius 1 is 0.412 bits per heavy atom. The number of fused-ring (bicyclic) bond motifs is 12. The van der Waals surface area contributed by atoms with Crippen molar-refractivity contribution >= 4 is 60.9 Å². The van der Waals surface area contributed by atoms with Crippen molar-refractivity contribution in [2.75, 3.05) is 4.90 Å². The Balaban J connectivity index is 1.27. The Kier molecular flexibility index (Phi) is 5.52. The van der Waals surface area contributed by atoms with Crippen LogP contribution in [-0.4, -0.2) is 0 Å². The molecule has 9 aromatic rings. The number of benzene rings is 7. The molecule has 2 aromatic heterocycles. The van der Waals surface area contributed by atoms with E-state index in [9.17, 15) is 0 Å². The molecule has 0 fully saturated rings. The maximum atomic E-state index is 6.92. The minimum Gasteiger partial charge on any atom is -0.456 e. The van der Waals surface area contributed by atoms with E-state index in [-0.39, 0.29) is 10.8 Å². The fourth-order valence-corrected chi connectivity index (χ4v) is 9.32. The number of nitrogens with zero attached hydrogens (tertiary/aromatic N) is 1. The Labute approximate surface area is 296 Å². The maximum Gasteiger partial charge on any atom is 0.160 e. The molecule has 7 aromatic carbocycles. The van der Waals surface area contributed by atoms with Gasteiger partial charge in [-0.3, -0.25) is 0 Å². The predicted molar refractivity (Wildman–Crippen MR) is 211 cm³/mol. The van der Waals surface area contributed by atoms with Gasteiger partial charge in [0.15, 0.2) is 5.58 Å². The summed E-state index contributed by atoms with van der Waals surface area (Å²) in [5.74, 6) is 0. The minimum absolute atomic E-state index is 0.155. The van der Waals surface area contributed by atoms with Crippen molar-refractivity contribution in [1.29, 1.82) is 0 Å². The lowest BCUT2D eigenvalue weighted by molar-refractivity contribution is 0.659. The van der Waals surface area contributed by atoms with Crippen molar-refractivity contribution in [3.8, 4) is 22.3 Å². The second-order valence-corrected chi connectivity index (χ2v) is 15.3.